The van der Waals surface area contributed by atoms with Crippen molar-refractivity contribution < 1.29 is 74.0 Å². The lowest BCUT2D eigenvalue weighted by Gasteiger charge is -2.47. The molecule has 2 saturated heterocycles. The van der Waals surface area contributed by atoms with E-state index in [0.717, 1.165) is 12.8 Å². The van der Waals surface area contributed by atoms with Gasteiger partial charge >= 0.3 is 0 Å². The number of nitrogens with two attached hydrogens (primary N) is 7. The van der Waals surface area contributed by atoms with Gasteiger partial charge in [-0.05, 0) is 52.2 Å². The van der Waals surface area contributed by atoms with Crippen molar-refractivity contribution in [3.05, 3.63) is 0 Å². The first kappa shape index (κ1) is 54.6. The van der Waals surface area contributed by atoms with Gasteiger partial charge in [-0.2, -0.15) is 0 Å². The first-order chi connectivity index (χ1) is 29.8. The van der Waals surface area contributed by atoms with Gasteiger partial charge in [-0.3, -0.25) is 0 Å². The Morgan fingerprint density at radius 3 is 1.52 bits per heavy atom. The summed E-state index contributed by atoms with van der Waals surface area (Å²) in [7, 11) is 3.70. The molecule has 372 valence electrons. The van der Waals surface area contributed by atoms with Gasteiger partial charge in [0.15, 0.2) is 12.6 Å². The van der Waals surface area contributed by atoms with Gasteiger partial charge in [-0.25, -0.2) is 0 Å². The molecule has 24 nitrogen and oxygen atoms in total. The fourth-order valence-corrected chi connectivity index (χ4v) is 8.69. The van der Waals surface area contributed by atoms with Crippen molar-refractivity contribution in [1.29, 1.82) is 0 Å². The number of unbranched alkanes of at least 4 members (excludes halogenated alkanes) is 1. The Bertz CT molecular complexity index is 1200. The van der Waals surface area contributed by atoms with E-state index in [2.05, 4.69) is 0 Å². The van der Waals surface area contributed by atoms with Gasteiger partial charge in [-0.1, -0.05) is 6.92 Å². The zero-order valence-electron chi connectivity index (χ0n) is 37.0. The summed E-state index contributed by atoms with van der Waals surface area (Å²) in [4.78, 5) is 3.84. The Morgan fingerprint density at radius 2 is 1.03 bits per heavy atom. The van der Waals surface area contributed by atoms with E-state index in [0.29, 0.717) is 32.7 Å². The van der Waals surface area contributed by atoms with Crippen LogP contribution in [0.25, 0.3) is 0 Å². The third kappa shape index (κ3) is 15.0. The third-order valence-electron chi connectivity index (χ3n) is 12.6. The Morgan fingerprint density at radius 1 is 0.571 bits per heavy atom. The summed E-state index contributed by atoms with van der Waals surface area (Å²) in [5, 5.41) is 84.9. The second kappa shape index (κ2) is 26.0. The van der Waals surface area contributed by atoms with Gasteiger partial charge < -0.3 is 124 Å². The summed E-state index contributed by atoms with van der Waals surface area (Å²) in [6.07, 6.45) is -15.1. The maximum absolute atomic E-state index is 11.0. The van der Waals surface area contributed by atoms with Gasteiger partial charge in [0.25, 0.3) is 0 Å². The van der Waals surface area contributed by atoms with Gasteiger partial charge in [0.2, 0.25) is 0 Å². The van der Waals surface area contributed by atoms with E-state index in [4.69, 9.17) is 73.3 Å². The minimum Gasteiger partial charge on any atom is -0.390 e. The molecule has 63 heavy (non-hydrogen) atoms. The fraction of sp³-hybridized carbons (Fsp3) is 1.00. The smallest absolute Gasteiger partial charge is 0.176 e. The quantitative estimate of drug-likeness (QED) is 0.0400. The number of hydrogen-bond donors (Lipinski definition) is 15. The number of nitrogens with zero attached hydrogens (tertiary/aromatic N) is 2. The molecular formula is C39H81N9O15. The van der Waals surface area contributed by atoms with E-state index in [-0.39, 0.29) is 51.7 Å². The van der Waals surface area contributed by atoms with Crippen LogP contribution in [-0.2, 0) is 33.2 Å². The summed E-state index contributed by atoms with van der Waals surface area (Å²) >= 11 is 0. The fourth-order valence-electron chi connectivity index (χ4n) is 8.69. The maximum atomic E-state index is 11.0. The lowest BCUT2D eigenvalue weighted by Crippen LogP contribution is -2.68. The Labute approximate surface area is 370 Å². The van der Waals surface area contributed by atoms with Crippen molar-refractivity contribution in [3.63, 3.8) is 0 Å². The molecule has 0 radical (unpaired) electrons. The zero-order valence-corrected chi connectivity index (χ0v) is 37.0. The highest BCUT2D eigenvalue weighted by Gasteiger charge is 2.50. The Hall–Kier alpha value is -0.960. The second-order valence-corrected chi connectivity index (χ2v) is 18.0. The van der Waals surface area contributed by atoms with E-state index >= 15 is 0 Å². The molecule has 2 aliphatic heterocycles. The van der Waals surface area contributed by atoms with E-state index in [9.17, 15) is 40.9 Å². The summed E-state index contributed by atoms with van der Waals surface area (Å²) in [5.74, 6) is -0.221. The zero-order chi connectivity index (χ0) is 46.7. The highest BCUT2D eigenvalue weighted by molar-refractivity contribution is 5.01. The summed E-state index contributed by atoms with van der Waals surface area (Å²) in [6.45, 7) is 4.05. The van der Waals surface area contributed by atoms with Crippen LogP contribution >= 0.6 is 0 Å². The van der Waals surface area contributed by atoms with Crippen LogP contribution in [0.15, 0.2) is 0 Å². The molecule has 22 unspecified atom stereocenters. The molecule has 0 bridgehead atoms. The molecule has 0 aromatic heterocycles. The second-order valence-electron chi connectivity index (χ2n) is 18.0. The number of ether oxygens (including phenoxy) is 7. The minimum atomic E-state index is -1.37. The van der Waals surface area contributed by atoms with Crippen LogP contribution in [0.5, 0.6) is 0 Å². The summed E-state index contributed by atoms with van der Waals surface area (Å²) in [6, 6.07) is -4.21. The first-order valence-electron chi connectivity index (χ1n) is 22.2. The molecule has 24 heteroatoms. The van der Waals surface area contributed by atoms with Crippen molar-refractivity contribution in [3.8, 4) is 0 Å². The van der Waals surface area contributed by atoms with E-state index in [1.165, 1.54) is 0 Å². The lowest BCUT2D eigenvalue weighted by atomic mass is 9.80. The monoisotopic (exact) mass is 916 g/mol. The molecule has 22 atom stereocenters. The molecule has 2 heterocycles. The normalized spacial score (nSPS) is 42.5. The molecule has 4 rings (SSSR count). The molecular weight excluding hydrogens is 834 g/mol. The Kier molecular flexibility index (Phi) is 22.5. The van der Waals surface area contributed by atoms with E-state index in [1.807, 2.05) is 30.8 Å². The number of likely N-dealkylation sites (N-methyl/N-ethyl adjacent to an activating group) is 2. The van der Waals surface area contributed by atoms with Gasteiger partial charge in [0, 0.05) is 57.5 Å². The molecule has 0 aromatic rings. The van der Waals surface area contributed by atoms with E-state index in [1.54, 1.807) is 0 Å². The molecule has 4 aliphatic rings. The van der Waals surface area contributed by atoms with Crippen molar-refractivity contribution in [2.24, 2.45) is 46.1 Å². The van der Waals surface area contributed by atoms with Crippen LogP contribution in [0.2, 0.25) is 0 Å². The SMILES string of the molecule is CC1CC(N)C(OC2OC(CN)C(O)C(O)C2N)C(OCC(O)CN(C)CCOCCCCN(C)CC(O)COC2C(O)C(N)CC(N)C2OC2OC(CN)C(O)C(O)C2N)C1O. The van der Waals surface area contributed by atoms with Gasteiger partial charge in [-0.15, -0.1) is 0 Å². The molecule has 2 saturated carbocycles. The van der Waals surface area contributed by atoms with Crippen LogP contribution in [0.1, 0.15) is 32.6 Å². The molecule has 4 fully saturated rings. The van der Waals surface area contributed by atoms with Crippen LogP contribution in [0.3, 0.4) is 0 Å². The van der Waals surface area contributed by atoms with Crippen molar-refractivity contribution in [1.82, 2.24) is 9.80 Å². The number of rotatable bonds is 24. The van der Waals surface area contributed by atoms with Crippen molar-refractivity contribution in [2.45, 2.75) is 161 Å². The van der Waals surface area contributed by atoms with Crippen LogP contribution < -0.4 is 40.1 Å². The number of aliphatic hydroxyl groups excluding tert-OH is 8. The minimum absolute atomic E-state index is 0.0797. The topological polar surface area (TPSA) is 415 Å². The van der Waals surface area contributed by atoms with Crippen molar-refractivity contribution >= 4 is 0 Å². The number of aliphatic hydroxyl groups is 8. The molecule has 22 N–H and O–H groups in total. The first-order valence-corrected chi connectivity index (χ1v) is 22.2. The van der Waals surface area contributed by atoms with Crippen LogP contribution in [0.4, 0.5) is 0 Å². The molecule has 0 amide bonds. The average molecular weight is 916 g/mol. The summed E-state index contributed by atoms with van der Waals surface area (Å²) in [5.41, 5.74) is 42.5. The lowest BCUT2D eigenvalue weighted by molar-refractivity contribution is -0.293. The van der Waals surface area contributed by atoms with Gasteiger partial charge in [0.05, 0.1) is 56.3 Å². The van der Waals surface area contributed by atoms with E-state index < -0.39 is 128 Å². The standard InChI is InChI=1S/C39H81N9O15/c1-18-10-22(43)34(62-38-26(45)32(55)30(53)24(12-40)60-38)36(28(18)51)58-16-20(50)15-48(3)7-9-57-8-5-4-6-47(2)14-19(49)17-59-37-29(52)21(42)11-23(44)35(37)63-39-27(46)33(56)31(54)25(13-41)61-39/h18-39,49-56H,4-17,40-46H2,1-3H3. The van der Waals surface area contributed by atoms with Crippen LogP contribution in [0, 0.1) is 5.92 Å². The molecule has 2 aliphatic carbocycles. The third-order valence-corrected chi connectivity index (χ3v) is 12.6. The predicted molar refractivity (Wildman–Crippen MR) is 226 cm³/mol. The summed E-state index contributed by atoms with van der Waals surface area (Å²) < 4.78 is 41.4. The maximum Gasteiger partial charge on any atom is 0.176 e. The van der Waals surface area contributed by atoms with Crippen molar-refractivity contribution in [2.75, 3.05) is 79.8 Å². The highest BCUT2D eigenvalue weighted by Crippen LogP contribution is 2.32. The van der Waals surface area contributed by atoms with Crippen LogP contribution in [-0.4, -0.2) is 259 Å². The predicted octanol–water partition coefficient (Wildman–Crippen LogP) is -8.48. The van der Waals surface area contributed by atoms with Gasteiger partial charge in [0.1, 0.15) is 61.0 Å². The number of hydrogen-bond acceptors (Lipinski definition) is 24. The average Bonchev–Trinajstić information content (AvgIpc) is 3.23. The molecule has 0 spiro atoms. The molecule has 0 aromatic carbocycles. The highest BCUT2D eigenvalue weighted by atomic mass is 16.7. The largest absolute Gasteiger partial charge is 0.390 e. The Balaban J connectivity index is 1.11.